The number of halogens is 3. The van der Waals surface area contributed by atoms with Crippen LogP contribution in [0.5, 0.6) is 0 Å². The molecular formula is C17H18BrClFN. The van der Waals surface area contributed by atoms with Crippen LogP contribution in [0.3, 0.4) is 0 Å². The molecule has 0 bridgehead atoms. The van der Waals surface area contributed by atoms with E-state index in [1.807, 2.05) is 32.9 Å². The highest BCUT2D eigenvalue weighted by Crippen LogP contribution is 2.30. The summed E-state index contributed by atoms with van der Waals surface area (Å²) in [6, 6.07) is 9.24. The highest BCUT2D eigenvalue weighted by atomic mass is 79.9. The Morgan fingerprint density at radius 2 is 1.90 bits per heavy atom. The van der Waals surface area contributed by atoms with Gasteiger partial charge in [-0.25, -0.2) is 4.39 Å². The Bertz CT molecular complexity index is 657. The van der Waals surface area contributed by atoms with E-state index in [-0.39, 0.29) is 11.9 Å². The Hall–Kier alpha value is -0.900. The fourth-order valence-electron chi connectivity index (χ4n) is 2.42. The molecule has 0 saturated carbocycles. The number of rotatable bonds is 4. The molecule has 2 aromatic rings. The molecule has 0 aliphatic carbocycles. The predicted molar refractivity (Wildman–Crippen MR) is 90.5 cm³/mol. The molecule has 0 aromatic heterocycles. The van der Waals surface area contributed by atoms with Crippen molar-refractivity contribution in [1.82, 2.24) is 5.32 Å². The predicted octanol–water partition coefficient (Wildman–Crippen LogP) is 5.56. The van der Waals surface area contributed by atoms with E-state index < -0.39 is 0 Å². The van der Waals surface area contributed by atoms with Crippen molar-refractivity contribution in [2.45, 2.75) is 26.8 Å². The minimum absolute atomic E-state index is 0.0476. The van der Waals surface area contributed by atoms with Crippen LogP contribution < -0.4 is 5.32 Å². The number of benzene rings is 2. The molecule has 1 unspecified atom stereocenters. The first-order valence-electron chi connectivity index (χ1n) is 6.89. The van der Waals surface area contributed by atoms with Gasteiger partial charge in [0.1, 0.15) is 5.82 Å². The monoisotopic (exact) mass is 369 g/mol. The van der Waals surface area contributed by atoms with Crippen molar-refractivity contribution in [3.63, 3.8) is 0 Å². The van der Waals surface area contributed by atoms with Gasteiger partial charge in [0.15, 0.2) is 0 Å². The fraction of sp³-hybridized carbons (Fsp3) is 0.294. The van der Waals surface area contributed by atoms with E-state index in [1.165, 1.54) is 0 Å². The minimum Gasteiger partial charge on any atom is -0.307 e. The highest BCUT2D eigenvalue weighted by molar-refractivity contribution is 9.10. The second kappa shape index (κ2) is 6.91. The summed E-state index contributed by atoms with van der Waals surface area (Å²) in [5.41, 5.74) is 4.15. The van der Waals surface area contributed by atoms with Gasteiger partial charge in [-0.3, -0.25) is 0 Å². The smallest absolute Gasteiger partial charge is 0.137 e. The lowest BCUT2D eigenvalue weighted by Gasteiger charge is -2.22. The normalized spacial score (nSPS) is 12.5. The second-order valence-electron chi connectivity index (χ2n) is 5.12. The van der Waals surface area contributed by atoms with E-state index in [4.69, 9.17) is 11.6 Å². The van der Waals surface area contributed by atoms with Crippen LogP contribution in [0.1, 0.15) is 35.2 Å². The fourth-order valence-corrected chi connectivity index (χ4v) is 2.88. The summed E-state index contributed by atoms with van der Waals surface area (Å²) in [5.74, 6) is -0.251. The maximum Gasteiger partial charge on any atom is 0.137 e. The first kappa shape index (κ1) is 16.5. The van der Waals surface area contributed by atoms with Crippen LogP contribution in [-0.4, -0.2) is 6.54 Å². The van der Waals surface area contributed by atoms with Gasteiger partial charge in [0, 0.05) is 5.02 Å². The summed E-state index contributed by atoms with van der Waals surface area (Å²) in [7, 11) is 0. The molecule has 0 heterocycles. The second-order valence-corrected chi connectivity index (χ2v) is 6.38. The summed E-state index contributed by atoms with van der Waals surface area (Å²) < 4.78 is 14.3. The summed E-state index contributed by atoms with van der Waals surface area (Å²) in [4.78, 5) is 0. The lowest BCUT2D eigenvalue weighted by Crippen LogP contribution is -2.23. The molecule has 0 amide bonds. The van der Waals surface area contributed by atoms with Crippen LogP contribution in [0.4, 0.5) is 4.39 Å². The maximum absolute atomic E-state index is 13.8. The van der Waals surface area contributed by atoms with Crippen LogP contribution in [0.2, 0.25) is 5.02 Å². The standard InChI is InChI=1S/C17H18BrClFN/c1-4-21-17(12-5-6-14(18)16(20)9-12)13-7-11(3)15(19)8-10(13)2/h5-9,17,21H,4H2,1-3H3. The van der Waals surface area contributed by atoms with Crippen LogP contribution in [0.25, 0.3) is 0 Å². The van der Waals surface area contributed by atoms with Gasteiger partial charge in [-0.1, -0.05) is 30.7 Å². The Morgan fingerprint density at radius 1 is 1.19 bits per heavy atom. The van der Waals surface area contributed by atoms with Gasteiger partial charge in [-0.2, -0.15) is 0 Å². The SMILES string of the molecule is CCNC(c1ccc(Br)c(F)c1)c1cc(C)c(Cl)cc1C. The Kier molecular flexibility index (Phi) is 5.42. The number of nitrogens with one attached hydrogen (secondary N) is 1. The van der Waals surface area contributed by atoms with Gasteiger partial charge in [-0.15, -0.1) is 0 Å². The molecule has 2 aromatic carbocycles. The molecule has 0 aliphatic heterocycles. The van der Waals surface area contributed by atoms with Crippen LogP contribution in [-0.2, 0) is 0 Å². The number of hydrogen-bond acceptors (Lipinski definition) is 1. The molecule has 0 radical (unpaired) electrons. The molecule has 1 nitrogen and oxygen atoms in total. The van der Waals surface area contributed by atoms with Gasteiger partial charge >= 0.3 is 0 Å². The molecule has 1 atom stereocenters. The van der Waals surface area contributed by atoms with Crippen molar-refractivity contribution in [3.05, 3.63) is 67.9 Å². The zero-order valence-corrected chi connectivity index (χ0v) is 14.6. The quantitative estimate of drug-likeness (QED) is 0.743. The van der Waals surface area contributed by atoms with Gasteiger partial charge in [-0.05, 0) is 76.8 Å². The van der Waals surface area contributed by atoms with E-state index in [0.717, 1.165) is 33.8 Å². The summed E-state index contributed by atoms with van der Waals surface area (Å²) in [6.07, 6.45) is 0. The number of hydrogen-bond donors (Lipinski definition) is 1. The van der Waals surface area contributed by atoms with Gasteiger partial charge in [0.05, 0.1) is 10.5 Å². The van der Waals surface area contributed by atoms with Crippen molar-refractivity contribution in [2.24, 2.45) is 0 Å². The Labute approximate surface area is 138 Å². The molecule has 2 rings (SSSR count). The topological polar surface area (TPSA) is 12.0 Å². The average molecular weight is 371 g/mol. The van der Waals surface area contributed by atoms with E-state index in [9.17, 15) is 4.39 Å². The minimum atomic E-state index is -0.251. The molecule has 21 heavy (non-hydrogen) atoms. The van der Waals surface area contributed by atoms with E-state index >= 15 is 0 Å². The molecule has 112 valence electrons. The average Bonchev–Trinajstić information content (AvgIpc) is 2.44. The van der Waals surface area contributed by atoms with Crippen molar-refractivity contribution < 1.29 is 4.39 Å². The maximum atomic E-state index is 13.8. The van der Waals surface area contributed by atoms with Gasteiger partial charge in [0.25, 0.3) is 0 Å². The third kappa shape index (κ3) is 3.65. The summed E-state index contributed by atoms with van der Waals surface area (Å²) >= 11 is 9.37. The van der Waals surface area contributed by atoms with E-state index in [0.29, 0.717) is 4.47 Å². The Balaban J connectivity index is 2.52. The van der Waals surface area contributed by atoms with Gasteiger partial charge < -0.3 is 5.32 Å². The van der Waals surface area contributed by atoms with Crippen molar-refractivity contribution >= 4 is 27.5 Å². The highest BCUT2D eigenvalue weighted by Gasteiger charge is 2.17. The van der Waals surface area contributed by atoms with Gasteiger partial charge in [0.2, 0.25) is 0 Å². The first-order chi connectivity index (χ1) is 9.93. The zero-order chi connectivity index (χ0) is 15.6. The molecule has 0 aliphatic rings. The van der Waals surface area contributed by atoms with Crippen LogP contribution >= 0.6 is 27.5 Å². The molecule has 1 N–H and O–H groups in total. The van der Waals surface area contributed by atoms with Crippen LogP contribution in [0.15, 0.2) is 34.8 Å². The van der Waals surface area contributed by atoms with Crippen molar-refractivity contribution in [3.8, 4) is 0 Å². The largest absolute Gasteiger partial charge is 0.307 e. The third-order valence-corrected chi connectivity index (χ3v) is 4.59. The molecule has 0 saturated heterocycles. The summed E-state index contributed by atoms with van der Waals surface area (Å²) in [6.45, 7) is 6.85. The molecular weight excluding hydrogens is 353 g/mol. The third-order valence-electron chi connectivity index (χ3n) is 3.54. The van der Waals surface area contributed by atoms with Crippen molar-refractivity contribution in [1.29, 1.82) is 0 Å². The summed E-state index contributed by atoms with van der Waals surface area (Å²) in [5, 5.41) is 4.18. The molecule has 0 fully saturated rings. The zero-order valence-electron chi connectivity index (χ0n) is 12.3. The molecule has 4 heteroatoms. The number of aryl methyl sites for hydroxylation is 2. The van der Waals surface area contributed by atoms with Crippen LogP contribution in [0, 0.1) is 19.7 Å². The first-order valence-corrected chi connectivity index (χ1v) is 8.06. The lowest BCUT2D eigenvalue weighted by molar-refractivity contribution is 0.597. The van der Waals surface area contributed by atoms with E-state index in [2.05, 4.69) is 27.3 Å². The Morgan fingerprint density at radius 3 is 2.52 bits per heavy atom. The van der Waals surface area contributed by atoms with E-state index in [1.54, 1.807) is 12.1 Å². The van der Waals surface area contributed by atoms with Crippen molar-refractivity contribution in [2.75, 3.05) is 6.54 Å². The molecule has 0 spiro atoms. The lowest BCUT2D eigenvalue weighted by atomic mass is 9.93.